The first-order chi connectivity index (χ1) is 13.2. The van der Waals surface area contributed by atoms with Crippen molar-refractivity contribution in [2.45, 2.75) is 38.3 Å². The molecular weight excluding hydrogens is 362 g/mol. The van der Waals surface area contributed by atoms with E-state index < -0.39 is 0 Å². The molecule has 1 unspecified atom stereocenters. The Morgan fingerprint density at radius 2 is 2.04 bits per heavy atom. The minimum absolute atomic E-state index is 0.122. The van der Waals surface area contributed by atoms with Crippen molar-refractivity contribution >= 4 is 17.0 Å². The molecule has 1 aliphatic rings. The van der Waals surface area contributed by atoms with Gasteiger partial charge < -0.3 is 10.4 Å². The van der Waals surface area contributed by atoms with Gasteiger partial charge in [-0.1, -0.05) is 0 Å². The molecule has 1 aromatic heterocycles. The van der Waals surface area contributed by atoms with Crippen molar-refractivity contribution in [3.05, 3.63) is 51.4 Å². The van der Waals surface area contributed by atoms with Crippen LogP contribution < -0.4 is 5.32 Å². The molecule has 27 heavy (non-hydrogen) atoms. The molecular formula is C20H27N3O3S. The maximum Gasteiger partial charge on any atom is 0.269 e. The maximum atomic E-state index is 10.7. The number of hydrogen-bond acceptors (Lipinski definition) is 6. The highest BCUT2D eigenvalue weighted by atomic mass is 32.1. The smallest absolute Gasteiger partial charge is 0.269 e. The highest BCUT2D eigenvalue weighted by Crippen LogP contribution is 2.29. The van der Waals surface area contributed by atoms with Crippen molar-refractivity contribution in [2.24, 2.45) is 0 Å². The number of nitrogens with one attached hydrogen (secondary N) is 1. The second kappa shape index (κ2) is 9.94. The molecule has 0 saturated carbocycles. The molecule has 0 bridgehead atoms. The van der Waals surface area contributed by atoms with Gasteiger partial charge in [0.2, 0.25) is 0 Å². The summed E-state index contributed by atoms with van der Waals surface area (Å²) in [5.41, 5.74) is 1.14. The molecule has 1 fully saturated rings. The average Bonchev–Trinajstić information content (AvgIpc) is 3.33. The average molecular weight is 390 g/mol. The van der Waals surface area contributed by atoms with Crippen LogP contribution >= 0.6 is 11.3 Å². The van der Waals surface area contributed by atoms with Crippen LogP contribution in [0.5, 0.6) is 0 Å². The topological polar surface area (TPSA) is 78.6 Å². The van der Waals surface area contributed by atoms with Gasteiger partial charge in [0, 0.05) is 34.5 Å². The fourth-order valence-corrected chi connectivity index (χ4v) is 4.53. The SMILES string of the molecule is O=[N+]([O-])c1ccc(-c2ccc(CNCCCCN3CCCC3CO)s2)cc1. The lowest BCUT2D eigenvalue weighted by molar-refractivity contribution is -0.384. The predicted octanol–water partition coefficient (Wildman–Crippen LogP) is 3.65. The molecule has 1 aliphatic heterocycles. The van der Waals surface area contributed by atoms with Crippen LogP contribution in [0.4, 0.5) is 5.69 Å². The van der Waals surface area contributed by atoms with E-state index in [-0.39, 0.29) is 17.2 Å². The van der Waals surface area contributed by atoms with Crippen molar-refractivity contribution in [3.63, 3.8) is 0 Å². The lowest BCUT2D eigenvalue weighted by Crippen LogP contribution is -2.33. The van der Waals surface area contributed by atoms with E-state index in [1.54, 1.807) is 35.6 Å². The van der Waals surface area contributed by atoms with E-state index in [1.165, 1.54) is 11.3 Å². The first-order valence-electron chi connectivity index (χ1n) is 9.56. The monoisotopic (exact) mass is 389 g/mol. The normalized spacial score (nSPS) is 17.4. The molecule has 6 nitrogen and oxygen atoms in total. The van der Waals surface area contributed by atoms with Crippen molar-refractivity contribution in [2.75, 3.05) is 26.2 Å². The molecule has 0 spiro atoms. The van der Waals surface area contributed by atoms with E-state index in [4.69, 9.17) is 0 Å². The zero-order valence-corrected chi connectivity index (χ0v) is 16.3. The fourth-order valence-electron chi connectivity index (χ4n) is 3.55. The Morgan fingerprint density at radius 3 is 2.78 bits per heavy atom. The molecule has 0 amide bonds. The van der Waals surface area contributed by atoms with Gasteiger partial charge in [0.25, 0.3) is 5.69 Å². The number of nitro groups is 1. The third-order valence-electron chi connectivity index (χ3n) is 5.08. The number of likely N-dealkylation sites (tertiary alicyclic amines) is 1. The van der Waals surface area contributed by atoms with E-state index in [2.05, 4.69) is 22.3 Å². The van der Waals surface area contributed by atoms with Gasteiger partial charge in [0.1, 0.15) is 0 Å². The molecule has 2 heterocycles. The first kappa shape index (κ1) is 19.9. The van der Waals surface area contributed by atoms with E-state index in [1.807, 2.05) is 0 Å². The number of benzene rings is 1. The molecule has 1 saturated heterocycles. The number of nitro benzene ring substituents is 1. The molecule has 2 N–H and O–H groups in total. The van der Waals surface area contributed by atoms with Crippen molar-refractivity contribution < 1.29 is 10.0 Å². The lowest BCUT2D eigenvalue weighted by Gasteiger charge is -2.22. The molecule has 1 aromatic carbocycles. The van der Waals surface area contributed by atoms with Crippen LogP contribution in [-0.4, -0.2) is 47.2 Å². The van der Waals surface area contributed by atoms with Crippen LogP contribution in [0.25, 0.3) is 10.4 Å². The van der Waals surface area contributed by atoms with Gasteiger partial charge in [-0.2, -0.15) is 0 Å². The highest BCUT2D eigenvalue weighted by molar-refractivity contribution is 7.15. The van der Waals surface area contributed by atoms with Crippen LogP contribution in [0, 0.1) is 10.1 Å². The minimum atomic E-state index is -0.374. The van der Waals surface area contributed by atoms with Gasteiger partial charge in [-0.05, 0) is 75.1 Å². The Kier molecular flexibility index (Phi) is 7.34. The van der Waals surface area contributed by atoms with Gasteiger partial charge in [-0.3, -0.25) is 15.0 Å². The number of rotatable bonds is 10. The Morgan fingerprint density at radius 1 is 1.22 bits per heavy atom. The van der Waals surface area contributed by atoms with Crippen LogP contribution in [0.2, 0.25) is 0 Å². The Labute approximate surface area is 164 Å². The third kappa shape index (κ3) is 5.59. The van der Waals surface area contributed by atoms with Gasteiger partial charge in [-0.25, -0.2) is 0 Å². The number of unbranched alkanes of at least 4 members (excludes halogenated alkanes) is 1. The van der Waals surface area contributed by atoms with E-state index >= 15 is 0 Å². The van der Waals surface area contributed by atoms with Crippen molar-refractivity contribution in [1.29, 1.82) is 0 Å². The Hall–Kier alpha value is -1.80. The van der Waals surface area contributed by atoms with Crippen LogP contribution in [0.1, 0.15) is 30.6 Å². The summed E-state index contributed by atoms with van der Waals surface area (Å²) in [6.45, 7) is 4.33. The van der Waals surface area contributed by atoms with Crippen LogP contribution in [0.3, 0.4) is 0 Å². The third-order valence-corrected chi connectivity index (χ3v) is 6.22. The van der Waals surface area contributed by atoms with E-state index in [0.717, 1.165) is 55.9 Å². The zero-order valence-electron chi connectivity index (χ0n) is 15.5. The number of thiophene rings is 1. The van der Waals surface area contributed by atoms with Gasteiger partial charge >= 0.3 is 0 Å². The molecule has 1 atom stereocenters. The number of nitrogens with zero attached hydrogens (tertiary/aromatic N) is 2. The second-order valence-electron chi connectivity index (χ2n) is 6.97. The standard InChI is InChI=1S/C20H27N3O3S/c24-15-18-4-3-13-22(18)12-2-1-11-21-14-19-9-10-20(27-19)16-5-7-17(8-6-16)23(25)26/h5-10,18,21,24H,1-4,11-15H2. The first-order valence-corrected chi connectivity index (χ1v) is 10.4. The maximum absolute atomic E-state index is 10.7. The lowest BCUT2D eigenvalue weighted by atomic mass is 10.2. The Bertz CT molecular complexity index is 732. The second-order valence-corrected chi connectivity index (χ2v) is 8.14. The number of non-ortho nitro benzene ring substituents is 1. The molecule has 3 rings (SSSR count). The van der Waals surface area contributed by atoms with Crippen molar-refractivity contribution in [3.8, 4) is 10.4 Å². The number of hydrogen-bond donors (Lipinski definition) is 2. The van der Waals surface area contributed by atoms with Crippen LogP contribution in [0.15, 0.2) is 36.4 Å². The zero-order chi connectivity index (χ0) is 19.1. The number of aliphatic hydroxyl groups is 1. The summed E-state index contributed by atoms with van der Waals surface area (Å²) in [7, 11) is 0. The molecule has 7 heteroatoms. The largest absolute Gasteiger partial charge is 0.395 e. The molecule has 0 aliphatic carbocycles. The summed E-state index contributed by atoms with van der Waals surface area (Å²) < 4.78 is 0. The summed E-state index contributed by atoms with van der Waals surface area (Å²) in [5.74, 6) is 0. The quantitative estimate of drug-likeness (QED) is 0.368. The predicted molar refractivity (Wildman–Crippen MR) is 109 cm³/mol. The molecule has 146 valence electrons. The molecule has 2 aromatic rings. The molecule has 0 radical (unpaired) electrons. The summed E-state index contributed by atoms with van der Waals surface area (Å²) in [4.78, 5) is 15.2. The summed E-state index contributed by atoms with van der Waals surface area (Å²) in [6, 6.07) is 11.3. The Balaban J connectivity index is 1.36. The summed E-state index contributed by atoms with van der Waals surface area (Å²) in [6.07, 6.45) is 4.63. The van der Waals surface area contributed by atoms with E-state index in [0.29, 0.717) is 6.04 Å². The van der Waals surface area contributed by atoms with Gasteiger partial charge in [0.15, 0.2) is 0 Å². The summed E-state index contributed by atoms with van der Waals surface area (Å²) in [5, 5.41) is 23.6. The number of aliphatic hydroxyl groups excluding tert-OH is 1. The fraction of sp³-hybridized carbons (Fsp3) is 0.500. The van der Waals surface area contributed by atoms with Gasteiger partial charge in [0.05, 0.1) is 11.5 Å². The summed E-state index contributed by atoms with van der Waals surface area (Å²) >= 11 is 1.72. The van der Waals surface area contributed by atoms with E-state index in [9.17, 15) is 15.2 Å². The van der Waals surface area contributed by atoms with Crippen LogP contribution in [-0.2, 0) is 6.54 Å². The van der Waals surface area contributed by atoms with Gasteiger partial charge in [-0.15, -0.1) is 11.3 Å². The highest BCUT2D eigenvalue weighted by Gasteiger charge is 2.22. The van der Waals surface area contributed by atoms with Crippen molar-refractivity contribution in [1.82, 2.24) is 10.2 Å². The minimum Gasteiger partial charge on any atom is -0.395 e.